The van der Waals surface area contributed by atoms with E-state index in [2.05, 4.69) is 19.2 Å². The molecule has 0 unspecified atom stereocenters. The number of aliphatic hydroxyl groups excluding tert-OH is 1. The minimum Gasteiger partial charge on any atom is -0.394 e. The fourth-order valence-corrected chi connectivity index (χ4v) is 8.11. The molecule has 322 valence electrons. The number of nitrogens with one attached hydrogen (secondary N) is 1. The third-order valence-corrected chi connectivity index (χ3v) is 11.9. The molecule has 0 bridgehead atoms. The highest BCUT2D eigenvalue weighted by atomic mass is 16.3. The Morgan fingerprint density at radius 3 is 0.870 bits per heavy atom. The second kappa shape index (κ2) is 46.5. The van der Waals surface area contributed by atoms with E-state index in [1.165, 1.54) is 225 Å². The topological polar surface area (TPSA) is 66.4 Å². The Morgan fingerprint density at radius 2 is 0.593 bits per heavy atom. The van der Waals surface area contributed by atoms with Crippen molar-refractivity contribution in [2.45, 2.75) is 302 Å². The van der Waals surface area contributed by atoms with Crippen molar-refractivity contribution in [3.8, 4) is 0 Å². The summed E-state index contributed by atoms with van der Waals surface area (Å²) >= 11 is 0. The number of hydrogen-bond acceptors (Lipinski definition) is 3. The van der Waals surface area contributed by atoms with Gasteiger partial charge in [-0.1, -0.05) is 251 Å². The van der Waals surface area contributed by atoms with Crippen molar-refractivity contribution in [3.05, 3.63) is 0 Å². The van der Waals surface area contributed by atoms with Crippen LogP contribution in [0.3, 0.4) is 0 Å². The fourth-order valence-electron chi connectivity index (χ4n) is 8.11. The first-order valence-corrected chi connectivity index (χ1v) is 25.1. The highest BCUT2D eigenvalue weighted by Crippen LogP contribution is 2.17. The molecule has 1 atom stereocenters. The fraction of sp³-hybridized carbons (Fsp3) is 0.960. The summed E-state index contributed by atoms with van der Waals surface area (Å²) in [5.41, 5.74) is 0. The normalized spacial score (nSPS) is 12.1. The number of Topliss-reactive ketones (excluding diaryl/α,β-unsaturated/α-hetero) is 1. The van der Waals surface area contributed by atoms with Gasteiger partial charge in [0, 0.05) is 19.3 Å². The predicted octanol–water partition coefficient (Wildman–Crippen LogP) is 16.2. The van der Waals surface area contributed by atoms with Crippen LogP contribution in [0.5, 0.6) is 0 Å². The van der Waals surface area contributed by atoms with E-state index in [1.54, 1.807) is 0 Å². The minimum atomic E-state index is -0.0670. The van der Waals surface area contributed by atoms with E-state index in [-0.39, 0.29) is 18.6 Å². The van der Waals surface area contributed by atoms with Crippen molar-refractivity contribution < 1.29 is 14.7 Å². The van der Waals surface area contributed by atoms with Gasteiger partial charge in [-0.15, -0.1) is 0 Å². The lowest BCUT2D eigenvalue weighted by Crippen LogP contribution is -2.37. The lowest BCUT2D eigenvalue weighted by molar-refractivity contribution is -0.122. The van der Waals surface area contributed by atoms with Crippen LogP contribution >= 0.6 is 0 Å². The predicted molar refractivity (Wildman–Crippen MR) is 239 cm³/mol. The van der Waals surface area contributed by atoms with E-state index >= 15 is 0 Å². The summed E-state index contributed by atoms with van der Waals surface area (Å²) in [5, 5.41) is 12.8. The molecule has 1 amide bonds. The Labute approximate surface area is 339 Å². The van der Waals surface area contributed by atoms with Crippen LogP contribution < -0.4 is 5.32 Å². The minimum absolute atomic E-state index is 0.0603. The van der Waals surface area contributed by atoms with Gasteiger partial charge < -0.3 is 10.4 Å². The highest BCUT2D eigenvalue weighted by molar-refractivity contribution is 5.78. The van der Waals surface area contributed by atoms with Crippen LogP contribution in [0.15, 0.2) is 0 Å². The van der Waals surface area contributed by atoms with Gasteiger partial charge in [-0.2, -0.15) is 0 Å². The average Bonchev–Trinajstić information content (AvgIpc) is 3.17. The van der Waals surface area contributed by atoms with E-state index < -0.39 is 0 Å². The van der Waals surface area contributed by atoms with Gasteiger partial charge in [0.25, 0.3) is 0 Å². The van der Waals surface area contributed by atoms with Gasteiger partial charge >= 0.3 is 0 Å². The van der Waals surface area contributed by atoms with Gasteiger partial charge in [-0.3, -0.25) is 9.59 Å². The van der Waals surface area contributed by atoms with Gasteiger partial charge in [-0.25, -0.2) is 0 Å². The van der Waals surface area contributed by atoms with Crippen LogP contribution in [0.1, 0.15) is 296 Å². The standard InChI is InChI=1S/C50H99NO3/c1-3-5-7-9-11-13-15-17-20-23-27-31-35-39-43-48(47-52)51-50(54)46-42-38-34-30-26-22-18-21-25-29-33-37-41-45-49(53)44-40-36-32-28-24-19-16-14-12-10-8-6-4-2/h48,52H,3-47H2,1-2H3,(H,51,54)/t48-/m1/s1. The van der Waals surface area contributed by atoms with Crippen molar-refractivity contribution >= 4 is 11.7 Å². The van der Waals surface area contributed by atoms with Gasteiger partial charge in [0.05, 0.1) is 12.6 Å². The number of rotatable bonds is 47. The van der Waals surface area contributed by atoms with Crippen LogP contribution in [-0.4, -0.2) is 29.4 Å². The first kappa shape index (κ1) is 53.1. The molecule has 0 aliphatic carbocycles. The molecular weight excluding hydrogens is 663 g/mol. The van der Waals surface area contributed by atoms with Crippen molar-refractivity contribution in [1.29, 1.82) is 0 Å². The molecule has 4 heteroatoms. The number of amides is 1. The van der Waals surface area contributed by atoms with Crippen molar-refractivity contribution in [1.82, 2.24) is 5.32 Å². The lowest BCUT2D eigenvalue weighted by atomic mass is 10.0. The Balaban J connectivity index is 3.36. The van der Waals surface area contributed by atoms with Crippen LogP contribution in [-0.2, 0) is 9.59 Å². The molecule has 2 N–H and O–H groups in total. The molecule has 0 aromatic rings. The van der Waals surface area contributed by atoms with Crippen LogP contribution in [0.2, 0.25) is 0 Å². The summed E-state index contributed by atoms with van der Waals surface area (Å²) in [5.74, 6) is 0.623. The van der Waals surface area contributed by atoms with E-state index in [1.807, 2.05) is 0 Å². The maximum absolute atomic E-state index is 12.4. The number of carbonyl (C=O) groups excluding carboxylic acids is 2. The molecule has 0 radical (unpaired) electrons. The van der Waals surface area contributed by atoms with E-state index in [0.29, 0.717) is 12.2 Å². The Bertz CT molecular complexity index is 739. The van der Waals surface area contributed by atoms with Crippen LogP contribution in [0.25, 0.3) is 0 Å². The largest absolute Gasteiger partial charge is 0.394 e. The molecule has 0 heterocycles. The van der Waals surface area contributed by atoms with Gasteiger partial charge in [0.15, 0.2) is 0 Å². The number of hydrogen-bond donors (Lipinski definition) is 2. The summed E-state index contributed by atoms with van der Waals surface area (Å²) in [6.07, 6.45) is 56.0. The zero-order valence-corrected chi connectivity index (χ0v) is 37.2. The number of carbonyl (C=O) groups is 2. The smallest absolute Gasteiger partial charge is 0.220 e. The summed E-state index contributed by atoms with van der Waals surface area (Å²) in [6.45, 7) is 4.63. The van der Waals surface area contributed by atoms with E-state index in [0.717, 1.165) is 51.4 Å². The van der Waals surface area contributed by atoms with Crippen LogP contribution in [0, 0.1) is 0 Å². The summed E-state index contributed by atoms with van der Waals surface area (Å²) in [4.78, 5) is 24.6. The second-order valence-electron chi connectivity index (χ2n) is 17.5. The number of ketones is 1. The molecule has 0 saturated heterocycles. The van der Waals surface area contributed by atoms with Gasteiger partial charge in [-0.05, 0) is 25.7 Å². The first-order chi connectivity index (χ1) is 26.6. The third-order valence-electron chi connectivity index (χ3n) is 11.9. The molecule has 0 fully saturated rings. The number of unbranched alkanes of at least 4 members (excludes halogenated alkanes) is 37. The average molecular weight is 762 g/mol. The maximum atomic E-state index is 12.4. The molecule has 0 rings (SSSR count). The third kappa shape index (κ3) is 43.8. The second-order valence-corrected chi connectivity index (χ2v) is 17.5. The van der Waals surface area contributed by atoms with Gasteiger partial charge in [0.2, 0.25) is 5.91 Å². The maximum Gasteiger partial charge on any atom is 0.220 e. The first-order valence-electron chi connectivity index (χ1n) is 25.1. The number of aliphatic hydroxyl groups is 1. The van der Waals surface area contributed by atoms with Crippen LogP contribution in [0.4, 0.5) is 0 Å². The Kier molecular flexibility index (Phi) is 45.7. The molecule has 0 aromatic carbocycles. The molecular formula is C50H99NO3. The molecule has 0 spiro atoms. The molecule has 0 aliphatic rings. The van der Waals surface area contributed by atoms with Crippen molar-refractivity contribution in [3.63, 3.8) is 0 Å². The highest BCUT2D eigenvalue weighted by Gasteiger charge is 2.11. The molecule has 0 saturated carbocycles. The molecule has 0 aliphatic heterocycles. The van der Waals surface area contributed by atoms with E-state index in [4.69, 9.17) is 0 Å². The Morgan fingerprint density at radius 1 is 0.352 bits per heavy atom. The molecule has 0 aromatic heterocycles. The van der Waals surface area contributed by atoms with Crippen molar-refractivity contribution in [2.24, 2.45) is 0 Å². The molecule has 54 heavy (non-hydrogen) atoms. The quantitative estimate of drug-likeness (QED) is 0.0607. The van der Waals surface area contributed by atoms with Crippen molar-refractivity contribution in [2.75, 3.05) is 6.61 Å². The van der Waals surface area contributed by atoms with Gasteiger partial charge in [0.1, 0.15) is 5.78 Å². The Hall–Kier alpha value is -0.900. The zero-order chi connectivity index (χ0) is 39.3. The summed E-state index contributed by atoms with van der Waals surface area (Å²) in [7, 11) is 0. The zero-order valence-electron chi connectivity index (χ0n) is 37.2. The summed E-state index contributed by atoms with van der Waals surface area (Å²) < 4.78 is 0. The summed E-state index contributed by atoms with van der Waals surface area (Å²) in [6, 6.07) is -0.0670. The monoisotopic (exact) mass is 762 g/mol. The molecule has 4 nitrogen and oxygen atoms in total. The SMILES string of the molecule is CCCCCCCCCCCCCCCC[C@H](CO)NC(=O)CCCCCCCCCCCCCCCC(=O)CCCCCCCCCCCCCCC. The van der Waals surface area contributed by atoms with E-state index in [9.17, 15) is 14.7 Å². The lowest BCUT2D eigenvalue weighted by Gasteiger charge is -2.16.